The Balaban J connectivity index is -0.000000360. The summed E-state index contributed by atoms with van der Waals surface area (Å²) in [7, 11) is 0. The molecule has 0 saturated carbocycles. The zero-order chi connectivity index (χ0) is 7.68. The van der Waals surface area contributed by atoms with Crippen molar-refractivity contribution in [3.05, 3.63) is 42.0 Å². The van der Waals surface area contributed by atoms with Gasteiger partial charge in [0.05, 0.1) is 0 Å². The first-order valence-corrected chi connectivity index (χ1v) is 4.04. The number of fused-ring (bicyclic) bond motifs is 1. The molecule has 0 bridgehead atoms. The Labute approximate surface area is 137 Å². The van der Waals surface area contributed by atoms with Crippen LogP contribution in [0.3, 0.4) is 0 Å². The van der Waals surface area contributed by atoms with Crippen molar-refractivity contribution < 1.29 is 72.7 Å². The molecule has 2 rings (SSSR count). The van der Waals surface area contributed by atoms with E-state index < -0.39 is 0 Å². The summed E-state index contributed by atoms with van der Waals surface area (Å²) >= 11 is 0. The van der Waals surface area contributed by atoms with Crippen molar-refractivity contribution in [2.75, 3.05) is 0 Å². The summed E-state index contributed by atoms with van der Waals surface area (Å²) < 4.78 is 0. The molecule has 80 valence electrons. The van der Waals surface area contributed by atoms with Gasteiger partial charge in [-0.3, -0.25) is 0 Å². The molecule has 0 aliphatic rings. The quantitative estimate of drug-likeness (QED) is 0.312. The van der Waals surface area contributed by atoms with Gasteiger partial charge in [-0.2, -0.15) is 17.5 Å². The molecule has 0 heterocycles. The van der Waals surface area contributed by atoms with Gasteiger partial charge < -0.3 is 50.9 Å². The molecule has 0 aliphatic carbocycles. The van der Waals surface area contributed by atoms with Gasteiger partial charge in [0, 0.05) is 0 Å². The molecule has 0 aliphatic heterocycles. The Morgan fingerprint density at radius 3 is 2.33 bits per heavy atom. The van der Waals surface area contributed by atoms with Crippen LogP contribution in [0, 0.1) is 0 Å². The average molecular weight is 431 g/mol. The molecule has 0 saturated heterocycles. The van der Waals surface area contributed by atoms with Crippen LogP contribution in [-0.4, -0.2) is 0 Å². The van der Waals surface area contributed by atoms with Gasteiger partial charge >= 0.3 is 21.7 Å². The minimum atomic E-state index is 0. The van der Waals surface area contributed by atoms with Gasteiger partial charge in [-0.1, -0.05) is 12.5 Å². The van der Waals surface area contributed by atoms with Crippen molar-refractivity contribution in [1.82, 2.24) is 0 Å². The van der Waals surface area contributed by atoms with Gasteiger partial charge in [0.15, 0.2) is 0 Å². The maximum absolute atomic E-state index is 2.26. The molecule has 0 aromatic heterocycles. The molecule has 0 fully saturated rings. The number of rotatable bonds is 1. The van der Waals surface area contributed by atoms with E-state index in [0.29, 0.717) is 0 Å². The van der Waals surface area contributed by atoms with Crippen molar-refractivity contribution in [2.24, 2.45) is 0 Å². The molecule has 2 aromatic rings. The number of aryl methyl sites for hydroxylation is 1. The molecule has 0 atom stereocenters. The predicted molar refractivity (Wildman–Crippen MR) is 48.9 cm³/mol. The minimum absolute atomic E-state index is 0. The normalized spacial score (nSPS) is 7.80. The molecule has 4 heteroatoms. The average Bonchev–Trinajstić information content (AvgIpc) is 2.50. The Hall–Kier alpha value is 0.984. The molecular formula is C11H11Br3Ti. The summed E-state index contributed by atoms with van der Waals surface area (Å²) in [4.78, 5) is 0. The standard InChI is InChI=1S/C11H11.3BrH.Ti/c1-2-9-6-7-10-4-3-5-11(10)8-9;;;;/h3-8H,2H2,1H3;3*1H;/q-1;;;;+4/p-3. The third kappa shape index (κ3) is 5.23. The van der Waals surface area contributed by atoms with Crippen molar-refractivity contribution in [2.45, 2.75) is 13.3 Å². The van der Waals surface area contributed by atoms with E-state index in [1.165, 1.54) is 16.3 Å². The number of hydrogen-bond acceptors (Lipinski definition) is 0. The van der Waals surface area contributed by atoms with Crippen LogP contribution in [0.2, 0.25) is 0 Å². The van der Waals surface area contributed by atoms with E-state index >= 15 is 0 Å². The zero-order valence-electron chi connectivity index (χ0n) is 8.31. The minimum Gasteiger partial charge on any atom is -1.00 e. The van der Waals surface area contributed by atoms with E-state index in [0.717, 1.165) is 6.42 Å². The van der Waals surface area contributed by atoms with Crippen molar-refractivity contribution in [3.63, 3.8) is 0 Å². The van der Waals surface area contributed by atoms with Crippen LogP contribution in [0.4, 0.5) is 0 Å². The van der Waals surface area contributed by atoms with Crippen LogP contribution < -0.4 is 50.9 Å². The first-order chi connectivity index (χ1) is 5.40. The van der Waals surface area contributed by atoms with Crippen LogP contribution in [0.5, 0.6) is 0 Å². The SMILES string of the molecule is CCc1ccc2[cH-]ccc2c1.[Br-].[Br-].[Br-].[Ti+4]. The third-order valence-corrected chi connectivity index (χ3v) is 2.11. The summed E-state index contributed by atoms with van der Waals surface area (Å²) in [5, 5.41) is 2.71. The number of halogens is 3. The maximum atomic E-state index is 2.26. The second kappa shape index (κ2) is 10.2. The first kappa shape index (κ1) is 21.3. The smallest absolute Gasteiger partial charge is 1.00 e. The van der Waals surface area contributed by atoms with E-state index in [1.54, 1.807) is 0 Å². The third-order valence-electron chi connectivity index (χ3n) is 2.11. The largest absolute Gasteiger partial charge is 4.00 e. The van der Waals surface area contributed by atoms with Gasteiger partial charge in [-0.15, -0.1) is 29.7 Å². The maximum Gasteiger partial charge on any atom is 4.00 e. The molecule has 0 spiro atoms. The zero-order valence-corrected chi connectivity index (χ0v) is 14.6. The molecule has 15 heavy (non-hydrogen) atoms. The van der Waals surface area contributed by atoms with Gasteiger partial charge in [0.2, 0.25) is 0 Å². The Kier molecular flexibility index (Phi) is 14.4. The summed E-state index contributed by atoms with van der Waals surface area (Å²) in [6, 6.07) is 13.1. The van der Waals surface area contributed by atoms with Crippen LogP contribution >= 0.6 is 0 Å². The van der Waals surface area contributed by atoms with Gasteiger partial charge in [-0.25, -0.2) is 0 Å². The Bertz CT molecular complexity index is 371. The molecule has 0 unspecified atom stereocenters. The fourth-order valence-electron chi connectivity index (χ4n) is 1.40. The molecule has 0 amide bonds. The molecule has 0 N–H and O–H groups in total. The predicted octanol–water partition coefficient (Wildman–Crippen LogP) is -5.87. The molecule has 0 nitrogen and oxygen atoms in total. The summed E-state index contributed by atoms with van der Waals surface area (Å²) in [5.41, 5.74) is 1.42. The fourth-order valence-corrected chi connectivity index (χ4v) is 1.40. The fraction of sp³-hybridized carbons (Fsp3) is 0.182. The van der Waals surface area contributed by atoms with Crippen molar-refractivity contribution in [3.8, 4) is 0 Å². The van der Waals surface area contributed by atoms with Crippen LogP contribution in [0.1, 0.15) is 12.5 Å². The monoisotopic (exact) mass is 428 g/mol. The first-order valence-electron chi connectivity index (χ1n) is 4.04. The van der Waals surface area contributed by atoms with Crippen LogP contribution in [0.25, 0.3) is 10.8 Å². The van der Waals surface area contributed by atoms with Crippen LogP contribution in [-0.2, 0) is 28.1 Å². The van der Waals surface area contributed by atoms with Gasteiger partial charge in [0.1, 0.15) is 0 Å². The second-order valence-electron chi connectivity index (χ2n) is 2.84. The van der Waals surface area contributed by atoms with Crippen molar-refractivity contribution in [1.29, 1.82) is 0 Å². The van der Waals surface area contributed by atoms with Gasteiger partial charge in [0.25, 0.3) is 0 Å². The molecule has 2 aromatic carbocycles. The van der Waals surface area contributed by atoms with Crippen molar-refractivity contribution >= 4 is 10.8 Å². The van der Waals surface area contributed by atoms with E-state index in [1.807, 2.05) is 0 Å². The number of hydrogen-bond donors (Lipinski definition) is 0. The Morgan fingerprint density at radius 2 is 1.73 bits per heavy atom. The second-order valence-corrected chi connectivity index (χ2v) is 2.84. The van der Waals surface area contributed by atoms with E-state index in [9.17, 15) is 0 Å². The number of benzene rings is 1. The van der Waals surface area contributed by atoms with Gasteiger partial charge in [-0.05, 0) is 6.42 Å². The molecular weight excluding hydrogens is 420 g/mol. The van der Waals surface area contributed by atoms with E-state index in [4.69, 9.17) is 0 Å². The van der Waals surface area contributed by atoms with E-state index in [2.05, 4.69) is 43.3 Å². The topological polar surface area (TPSA) is 0 Å². The Morgan fingerprint density at radius 1 is 1.07 bits per heavy atom. The van der Waals surface area contributed by atoms with Crippen LogP contribution in [0.15, 0.2) is 36.4 Å². The van der Waals surface area contributed by atoms with E-state index in [-0.39, 0.29) is 72.7 Å². The summed E-state index contributed by atoms with van der Waals surface area (Å²) in [5.74, 6) is 0. The molecule has 0 radical (unpaired) electrons. The summed E-state index contributed by atoms with van der Waals surface area (Å²) in [6.45, 7) is 2.18. The summed E-state index contributed by atoms with van der Waals surface area (Å²) in [6.07, 6.45) is 1.13.